The molecule has 0 bridgehead atoms. The number of carbonyl (C=O) groups is 1. The maximum Gasteiger partial charge on any atom is 0.450 e. The number of nitrogens with two attached hydrogens (primary N) is 1. The Hall–Kier alpha value is -0.580. The number of hydrogen-bond acceptors (Lipinski definition) is 2. The van der Waals surface area contributed by atoms with E-state index in [4.69, 9.17) is 5.73 Å². The zero-order valence-corrected chi connectivity index (χ0v) is 5.40. The predicted molar refractivity (Wildman–Crippen MR) is 29.3 cm³/mol. The van der Waals surface area contributed by atoms with Crippen LogP contribution in [-0.4, -0.2) is 18.0 Å². The highest BCUT2D eigenvalue weighted by Gasteiger charge is 2.37. The van der Waals surface area contributed by atoms with Crippen LogP contribution >= 0.6 is 0 Å². The van der Waals surface area contributed by atoms with Crippen LogP contribution in [0.4, 0.5) is 13.2 Å². The lowest BCUT2D eigenvalue weighted by molar-refractivity contribution is -0.171. The molecule has 0 aromatic heterocycles. The Morgan fingerprint density at radius 1 is 1.60 bits per heavy atom. The molecular weight excluding hydrogens is 147 g/mol. The second-order valence-corrected chi connectivity index (χ2v) is 2.10. The lowest BCUT2D eigenvalue weighted by Crippen LogP contribution is -2.29. The third-order valence-electron chi connectivity index (χ3n) is 0.824. The van der Waals surface area contributed by atoms with E-state index in [-0.39, 0.29) is 0 Å². The third-order valence-corrected chi connectivity index (χ3v) is 0.824. The predicted octanol–water partition coefficient (Wildman–Crippen LogP) is 0.855. The van der Waals surface area contributed by atoms with Gasteiger partial charge in [0.1, 0.15) is 0 Å². The fraction of sp³-hybridized carbons (Fsp3) is 0.800. The average Bonchev–Trinajstić information content (AvgIpc) is 1.60. The van der Waals surface area contributed by atoms with Gasteiger partial charge < -0.3 is 5.73 Å². The summed E-state index contributed by atoms with van der Waals surface area (Å²) in [5, 5.41) is 0. The smallest absolute Gasteiger partial charge is 0.328 e. The Balaban J connectivity index is 3.87. The van der Waals surface area contributed by atoms with E-state index in [1.54, 1.807) is 0 Å². The quantitative estimate of drug-likeness (QED) is 0.642. The van der Waals surface area contributed by atoms with Gasteiger partial charge in [-0.05, 0) is 6.92 Å². The third kappa shape index (κ3) is 3.45. The lowest BCUT2D eigenvalue weighted by atomic mass is 10.2. The number of ketones is 1. The number of carbonyl (C=O) groups excluding carboxylic acids is 1. The Bertz CT molecular complexity index is 129. The molecule has 0 heterocycles. The van der Waals surface area contributed by atoms with Gasteiger partial charge in [0.2, 0.25) is 5.78 Å². The Morgan fingerprint density at radius 3 is 2.10 bits per heavy atom. The molecule has 0 aliphatic carbocycles. The first kappa shape index (κ1) is 9.42. The van der Waals surface area contributed by atoms with Crippen LogP contribution in [0.2, 0.25) is 0 Å². The molecule has 0 aliphatic rings. The molecule has 0 radical (unpaired) electrons. The van der Waals surface area contributed by atoms with Gasteiger partial charge in [-0.3, -0.25) is 4.79 Å². The van der Waals surface area contributed by atoms with Gasteiger partial charge in [-0.1, -0.05) is 0 Å². The van der Waals surface area contributed by atoms with Crippen LogP contribution in [0.15, 0.2) is 0 Å². The van der Waals surface area contributed by atoms with Crippen LogP contribution < -0.4 is 5.73 Å². The molecule has 0 amide bonds. The van der Waals surface area contributed by atoms with Crippen molar-refractivity contribution in [2.45, 2.75) is 25.6 Å². The van der Waals surface area contributed by atoms with Crippen molar-refractivity contribution in [2.75, 3.05) is 0 Å². The molecule has 10 heavy (non-hydrogen) atoms. The zero-order chi connectivity index (χ0) is 8.36. The highest BCUT2D eigenvalue weighted by molar-refractivity contribution is 5.84. The molecule has 2 N–H and O–H groups in total. The summed E-state index contributed by atoms with van der Waals surface area (Å²) in [5.74, 6) is -1.76. The van der Waals surface area contributed by atoms with E-state index in [2.05, 4.69) is 0 Å². The first-order valence-electron chi connectivity index (χ1n) is 2.69. The van der Waals surface area contributed by atoms with Crippen LogP contribution in [0.5, 0.6) is 0 Å². The van der Waals surface area contributed by atoms with E-state index >= 15 is 0 Å². The molecule has 0 saturated carbocycles. The van der Waals surface area contributed by atoms with Crippen LogP contribution in [0.25, 0.3) is 0 Å². The molecule has 0 spiro atoms. The SMILES string of the molecule is CC(N)CC(=O)C(F)(F)F. The Kier molecular flexibility index (Phi) is 2.83. The number of hydrogen-bond donors (Lipinski definition) is 1. The first-order valence-corrected chi connectivity index (χ1v) is 2.69. The van der Waals surface area contributed by atoms with E-state index in [1.807, 2.05) is 0 Å². The van der Waals surface area contributed by atoms with Crippen molar-refractivity contribution in [3.05, 3.63) is 0 Å². The second-order valence-electron chi connectivity index (χ2n) is 2.10. The summed E-state index contributed by atoms with van der Waals surface area (Å²) in [4.78, 5) is 10.1. The molecule has 1 atom stereocenters. The summed E-state index contributed by atoms with van der Waals surface area (Å²) in [5.41, 5.74) is 4.97. The number of Topliss-reactive ketones (excluding diaryl/α,β-unsaturated/α-hetero) is 1. The fourth-order valence-corrected chi connectivity index (χ4v) is 0.408. The van der Waals surface area contributed by atoms with Crippen molar-refractivity contribution >= 4 is 5.78 Å². The minimum absolute atomic E-state index is 0.635. The van der Waals surface area contributed by atoms with E-state index in [9.17, 15) is 18.0 Å². The van der Waals surface area contributed by atoms with Gasteiger partial charge in [-0.2, -0.15) is 13.2 Å². The van der Waals surface area contributed by atoms with Gasteiger partial charge >= 0.3 is 6.18 Å². The zero-order valence-electron chi connectivity index (χ0n) is 5.40. The topological polar surface area (TPSA) is 43.1 Å². The first-order chi connectivity index (χ1) is 4.34. The van der Waals surface area contributed by atoms with Crippen molar-refractivity contribution in [2.24, 2.45) is 5.73 Å². The second kappa shape index (κ2) is 3.01. The molecule has 0 fully saturated rings. The highest BCUT2D eigenvalue weighted by atomic mass is 19.4. The van der Waals surface area contributed by atoms with Gasteiger partial charge in [0.15, 0.2) is 0 Å². The van der Waals surface area contributed by atoms with Gasteiger partial charge in [0.05, 0.1) is 0 Å². The van der Waals surface area contributed by atoms with Gasteiger partial charge in [-0.25, -0.2) is 0 Å². The van der Waals surface area contributed by atoms with Crippen molar-refractivity contribution < 1.29 is 18.0 Å². The number of halogens is 3. The van der Waals surface area contributed by atoms with E-state index in [0.717, 1.165) is 0 Å². The van der Waals surface area contributed by atoms with E-state index in [0.29, 0.717) is 0 Å². The van der Waals surface area contributed by atoms with Gasteiger partial charge in [0.25, 0.3) is 0 Å². The van der Waals surface area contributed by atoms with Crippen molar-refractivity contribution in [1.29, 1.82) is 0 Å². The average molecular weight is 155 g/mol. The molecule has 60 valence electrons. The summed E-state index contributed by atoms with van der Waals surface area (Å²) in [6, 6.07) is -0.728. The highest BCUT2D eigenvalue weighted by Crippen LogP contribution is 2.17. The van der Waals surface area contributed by atoms with Crippen LogP contribution in [0, 0.1) is 0 Å². The van der Waals surface area contributed by atoms with Crippen LogP contribution in [0.3, 0.4) is 0 Å². The number of rotatable bonds is 2. The van der Waals surface area contributed by atoms with Gasteiger partial charge in [0, 0.05) is 12.5 Å². The lowest BCUT2D eigenvalue weighted by Gasteiger charge is -2.06. The van der Waals surface area contributed by atoms with Crippen molar-refractivity contribution in [3.8, 4) is 0 Å². The molecule has 0 saturated heterocycles. The standard InChI is InChI=1S/C5H8F3NO/c1-3(9)2-4(10)5(6,7)8/h3H,2,9H2,1H3. The maximum absolute atomic E-state index is 11.4. The summed E-state index contributed by atoms with van der Waals surface area (Å²) in [7, 11) is 0. The van der Waals surface area contributed by atoms with E-state index in [1.165, 1.54) is 6.92 Å². The van der Waals surface area contributed by atoms with Crippen LogP contribution in [-0.2, 0) is 4.79 Å². The normalized spacial score (nSPS) is 14.9. The van der Waals surface area contributed by atoms with Gasteiger partial charge in [-0.15, -0.1) is 0 Å². The Labute approximate surface area is 56.2 Å². The number of alkyl halides is 3. The van der Waals surface area contributed by atoms with Crippen LogP contribution in [0.1, 0.15) is 13.3 Å². The summed E-state index contributed by atoms with van der Waals surface area (Å²) in [6.07, 6.45) is -5.36. The minimum Gasteiger partial charge on any atom is -0.328 e. The van der Waals surface area contributed by atoms with E-state index < -0.39 is 24.4 Å². The van der Waals surface area contributed by atoms with Crippen molar-refractivity contribution in [3.63, 3.8) is 0 Å². The fourth-order valence-electron chi connectivity index (χ4n) is 0.408. The monoisotopic (exact) mass is 155 g/mol. The molecule has 0 aromatic carbocycles. The molecule has 0 aromatic rings. The Morgan fingerprint density at radius 2 is 2.00 bits per heavy atom. The summed E-state index contributed by atoms with van der Waals surface area (Å²) in [6.45, 7) is 1.35. The summed E-state index contributed by atoms with van der Waals surface area (Å²) >= 11 is 0. The maximum atomic E-state index is 11.4. The molecule has 0 rings (SSSR count). The van der Waals surface area contributed by atoms with Crippen molar-refractivity contribution in [1.82, 2.24) is 0 Å². The molecule has 2 nitrogen and oxygen atoms in total. The molecular formula is C5H8F3NO. The molecule has 5 heteroatoms. The molecule has 1 unspecified atom stereocenters. The molecule has 0 aliphatic heterocycles. The largest absolute Gasteiger partial charge is 0.450 e. The minimum atomic E-state index is -4.73. The summed E-state index contributed by atoms with van der Waals surface area (Å²) < 4.78 is 34.2.